The van der Waals surface area contributed by atoms with Crippen molar-refractivity contribution < 1.29 is 14.7 Å². The van der Waals surface area contributed by atoms with Crippen LogP contribution in [0.15, 0.2) is 60.0 Å². The maximum atomic E-state index is 12.6. The Morgan fingerprint density at radius 3 is 2.50 bits per heavy atom. The van der Waals surface area contributed by atoms with E-state index in [1.165, 1.54) is 11.3 Å². The van der Waals surface area contributed by atoms with E-state index in [2.05, 4.69) is 10.3 Å². The van der Waals surface area contributed by atoms with Gasteiger partial charge >= 0.3 is 5.97 Å². The molecule has 2 N–H and O–H groups in total. The van der Waals surface area contributed by atoms with Gasteiger partial charge in [0.2, 0.25) is 0 Å². The Bertz CT molecular complexity index is 922. The van der Waals surface area contributed by atoms with E-state index in [1.807, 2.05) is 49.4 Å². The number of carbonyl (C=O) groups excluding carboxylic acids is 1. The highest BCUT2D eigenvalue weighted by Gasteiger charge is 2.20. The van der Waals surface area contributed by atoms with Gasteiger partial charge in [0.1, 0.15) is 10.7 Å². The maximum Gasteiger partial charge on any atom is 0.305 e. The lowest BCUT2D eigenvalue weighted by atomic mass is 10.0. The summed E-state index contributed by atoms with van der Waals surface area (Å²) in [6.45, 7) is 1.99. The number of nitrogens with one attached hydrogen (secondary N) is 1. The van der Waals surface area contributed by atoms with Gasteiger partial charge in [-0.15, -0.1) is 11.3 Å². The number of benzene rings is 2. The lowest BCUT2D eigenvalue weighted by Gasteiger charge is -2.16. The molecule has 5 nitrogen and oxygen atoms in total. The predicted molar refractivity (Wildman–Crippen MR) is 101 cm³/mol. The molecule has 0 radical (unpaired) electrons. The second-order valence-corrected chi connectivity index (χ2v) is 6.75. The van der Waals surface area contributed by atoms with Crippen LogP contribution in [0, 0.1) is 6.92 Å². The van der Waals surface area contributed by atoms with Crippen molar-refractivity contribution in [3.63, 3.8) is 0 Å². The molecule has 3 rings (SSSR count). The van der Waals surface area contributed by atoms with Crippen molar-refractivity contribution in [3.05, 3.63) is 76.8 Å². The number of hydrogen-bond acceptors (Lipinski definition) is 4. The van der Waals surface area contributed by atoms with E-state index in [-0.39, 0.29) is 12.3 Å². The number of amides is 1. The third-order valence-corrected chi connectivity index (χ3v) is 4.87. The molecule has 6 heteroatoms. The van der Waals surface area contributed by atoms with E-state index in [0.29, 0.717) is 5.69 Å². The molecule has 0 aliphatic rings. The highest BCUT2D eigenvalue weighted by atomic mass is 32.1. The summed E-state index contributed by atoms with van der Waals surface area (Å²) in [4.78, 5) is 28.2. The minimum Gasteiger partial charge on any atom is -0.481 e. The molecule has 0 aliphatic carbocycles. The van der Waals surface area contributed by atoms with Gasteiger partial charge in [0.05, 0.1) is 12.5 Å². The third-order valence-electron chi connectivity index (χ3n) is 4.00. The Balaban J connectivity index is 1.80. The zero-order valence-electron chi connectivity index (χ0n) is 14.2. The summed E-state index contributed by atoms with van der Waals surface area (Å²) in [5.41, 5.74) is 3.11. The van der Waals surface area contributed by atoms with Crippen LogP contribution in [0.25, 0.3) is 10.6 Å². The number of rotatable bonds is 6. The normalized spacial score (nSPS) is 11.7. The van der Waals surface area contributed by atoms with Gasteiger partial charge in [-0.3, -0.25) is 9.59 Å². The molecule has 1 aromatic heterocycles. The summed E-state index contributed by atoms with van der Waals surface area (Å²) in [5, 5.41) is 14.4. The fourth-order valence-corrected chi connectivity index (χ4v) is 3.55. The number of carbonyl (C=O) groups is 2. The highest BCUT2D eigenvalue weighted by molar-refractivity contribution is 7.13. The van der Waals surface area contributed by atoms with Crippen LogP contribution in [0.2, 0.25) is 0 Å². The standard InChI is InChI=1S/C20H18N2O3S/c1-13-7-5-6-10-15(13)20-22-17(12-26-20)19(25)21-16(11-18(23)24)14-8-3-2-4-9-14/h2-10,12,16H,11H2,1H3,(H,21,25)(H,23,24)/t16-/m0/s1. The highest BCUT2D eigenvalue weighted by Crippen LogP contribution is 2.27. The van der Waals surface area contributed by atoms with Crippen molar-refractivity contribution in [1.82, 2.24) is 10.3 Å². The lowest BCUT2D eigenvalue weighted by Crippen LogP contribution is -2.30. The molecule has 0 bridgehead atoms. The molecule has 1 amide bonds. The van der Waals surface area contributed by atoms with Gasteiger partial charge in [-0.2, -0.15) is 0 Å². The van der Waals surface area contributed by atoms with Crippen molar-refractivity contribution in [2.24, 2.45) is 0 Å². The number of aromatic nitrogens is 1. The Hall–Kier alpha value is -2.99. The Kier molecular flexibility index (Phi) is 5.43. The number of carboxylic acids is 1. The molecular formula is C20H18N2O3S. The molecule has 1 atom stereocenters. The molecule has 26 heavy (non-hydrogen) atoms. The van der Waals surface area contributed by atoms with Crippen molar-refractivity contribution >= 4 is 23.2 Å². The monoisotopic (exact) mass is 366 g/mol. The third kappa shape index (κ3) is 4.15. The van der Waals surface area contributed by atoms with E-state index in [4.69, 9.17) is 5.11 Å². The number of aliphatic carboxylic acids is 1. The number of nitrogens with zero attached hydrogens (tertiary/aromatic N) is 1. The fourth-order valence-electron chi connectivity index (χ4n) is 2.66. The van der Waals surface area contributed by atoms with E-state index in [0.717, 1.165) is 21.7 Å². The SMILES string of the molecule is Cc1ccccc1-c1nc(C(=O)N[C@@H](CC(=O)O)c2ccccc2)cs1. The molecule has 0 aliphatic heterocycles. The van der Waals surface area contributed by atoms with Crippen LogP contribution >= 0.6 is 11.3 Å². The molecule has 3 aromatic rings. The number of hydrogen-bond donors (Lipinski definition) is 2. The van der Waals surface area contributed by atoms with E-state index in [9.17, 15) is 9.59 Å². The molecule has 0 saturated heterocycles. The van der Waals surface area contributed by atoms with Crippen LogP contribution < -0.4 is 5.32 Å². The smallest absolute Gasteiger partial charge is 0.305 e. The van der Waals surface area contributed by atoms with Gasteiger partial charge < -0.3 is 10.4 Å². The zero-order chi connectivity index (χ0) is 18.5. The van der Waals surface area contributed by atoms with Gasteiger partial charge in [-0.1, -0.05) is 54.6 Å². The first-order chi connectivity index (χ1) is 12.5. The molecule has 0 fully saturated rings. The summed E-state index contributed by atoms with van der Waals surface area (Å²) < 4.78 is 0. The summed E-state index contributed by atoms with van der Waals surface area (Å²) in [6.07, 6.45) is -0.190. The summed E-state index contributed by atoms with van der Waals surface area (Å²) in [7, 11) is 0. The van der Waals surface area contributed by atoms with Crippen LogP contribution in [0.3, 0.4) is 0 Å². The van der Waals surface area contributed by atoms with E-state index in [1.54, 1.807) is 17.5 Å². The maximum absolute atomic E-state index is 12.6. The zero-order valence-corrected chi connectivity index (χ0v) is 15.0. The second kappa shape index (κ2) is 7.93. The average molecular weight is 366 g/mol. The van der Waals surface area contributed by atoms with Crippen LogP contribution in [0.1, 0.15) is 34.1 Å². The molecule has 132 valence electrons. The topological polar surface area (TPSA) is 79.3 Å². The predicted octanol–water partition coefficient (Wildman–Crippen LogP) is 4.06. The van der Waals surface area contributed by atoms with Gasteiger partial charge in [-0.05, 0) is 18.1 Å². The van der Waals surface area contributed by atoms with Crippen LogP contribution in [-0.4, -0.2) is 22.0 Å². The Morgan fingerprint density at radius 1 is 1.12 bits per heavy atom. The van der Waals surface area contributed by atoms with Crippen molar-refractivity contribution in [3.8, 4) is 10.6 Å². The lowest BCUT2D eigenvalue weighted by molar-refractivity contribution is -0.137. The molecule has 0 saturated carbocycles. The second-order valence-electron chi connectivity index (χ2n) is 5.89. The summed E-state index contributed by atoms with van der Waals surface area (Å²) in [6, 6.07) is 16.3. The quantitative estimate of drug-likeness (QED) is 0.689. The van der Waals surface area contributed by atoms with Crippen molar-refractivity contribution in [1.29, 1.82) is 0 Å². The molecular weight excluding hydrogens is 348 g/mol. The minimum atomic E-state index is -0.974. The first-order valence-electron chi connectivity index (χ1n) is 8.13. The number of thiazole rings is 1. The molecule has 0 spiro atoms. The van der Waals surface area contributed by atoms with Gasteiger partial charge in [0.25, 0.3) is 5.91 Å². The average Bonchev–Trinajstić information content (AvgIpc) is 3.12. The van der Waals surface area contributed by atoms with Gasteiger partial charge in [0.15, 0.2) is 0 Å². The van der Waals surface area contributed by atoms with Crippen LogP contribution in [0.5, 0.6) is 0 Å². The first kappa shape index (κ1) is 17.8. The van der Waals surface area contributed by atoms with E-state index >= 15 is 0 Å². The molecule has 1 heterocycles. The Morgan fingerprint density at radius 2 is 1.81 bits per heavy atom. The fraction of sp³-hybridized carbons (Fsp3) is 0.150. The minimum absolute atomic E-state index is 0.190. The molecule has 0 unspecified atom stereocenters. The Labute approximate surface area is 155 Å². The number of carboxylic acid groups (broad SMARTS) is 1. The van der Waals surface area contributed by atoms with Crippen molar-refractivity contribution in [2.75, 3.05) is 0 Å². The van der Waals surface area contributed by atoms with Gasteiger partial charge in [0, 0.05) is 10.9 Å². The first-order valence-corrected chi connectivity index (χ1v) is 9.01. The van der Waals surface area contributed by atoms with Gasteiger partial charge in [-0.25, -0.2) is 4.98 Å². The van der Waals surface area contributed by atoms with Crippen molar-refractivity contribution in [2.45, 2.75) is 19.4 Å². The number of aryl methyl sites for hydroxylation is 1. The summed E-state index contributed by atoms with van der Waals surface area (Å²) in [5.74, 6) is -1.35. The largest absolute Gasteiger partial charge is 0.481 e. The van der Waals surface area contributed by atoms with E-state index < -0.39 is 12.0 Å². The van der Waals surface area contributed by atoms with Crippen LogP contribution in [-0.2, 0) is 4.79 Å². The van der Waals surface area contributed by atoms with Crippen LogP contribution in [0.4, 0.5) is 0 Å². The molecule has 2 aromatic carbocycles. The summed E-state index contributed by atoms with van der Waals surface area (Å²) >= 11 is 1.39.